The molecule has 5 heteroatoms. The molecular weight excluding hydrogens is 242 g/mol. The molecule has 0 aliphatic carbocycles. The Labute approximate surface area is 116 Å². The van der Waals surface area contributed by atoms with Crippen molar-refractivity contribution in [1.82, 2.24) is 4.90 Å². The van der Waals surface area contributed by atoms with Crippen LogP contribution in [0.2, 0.25) is 0 Å². The lowest BCUT2D eigenvalue weighted by Crippen LogP contribution is -2.34. The lowest BCUT2D eigenvalue weighted by Gasteiger charge is -2.26. The van der Waals surface area contributed by atoms with Crippen LogP contribution in [0, 0.1) is 5.41 Å². The van der Waals surface area contributed by atoms with Crippen LogP contribution in [0.1, 0.15) is 52.9 Å². The Hall–Kier alpha value is -0.810. The monoisotopic (exact) mass is 271 g/mol. The summed E-state index contributed by atoms with van der Waals surface area (Å²) in [6, 6.07) is 0. The van der Waals surface area contributed by atoms with Gasteiger partial charge < -0.3 is 20.9 Å². The van der Waals surface area contributed by atoms with Crippen molar-refractivity contribution in [3.8, 4) is 0 Å². The lowest BCUT2D eigenvalue weighted by atomic mass is 9.86. The van der Waals surface area contributed by atoms with E-state index in [4.69, 9.17) is 10.9 Å². The first kappa shape index (κ1) is 16.2. The highest BCUT2D eigenvalue weighted by atomic mass is 16.4. The molecule has 1 aliphatic heterocycles. The number of aliphatic hydroxyl groups is 1. The molecule has 1 heterocycles. The maximum Gasteiger partial charge on any atom is 0.144 e. The number of amidine groups is 1. The molecule has 1 atom stereocenters. The van der Waals surface area contributed by atoms with Gasteiger partial charge in [0, 0.05) is 12.0 Å². The maximum absolute atomic E-state index is 10.0. The number of hydrogen-bond acceptors (Lipinski definition) is 4. The van der Waals surface area contributed by atoms with Gasteiger partial charge in [0.05, 0.1) is 5.60 Å². The average molecular weight is 271 g/mol. The van der Waals surface area contributed by atoms with Gasteiger partial charge in [-0.05, 0) is 52.1 Å². The molecule has 1 fully saturated rings. The Morgan fingerprint density at radius 1 is 1.37 bits per heavy atom. The number of nitrogens with zero attached hydrogens (tertiary/aromatic N) is 2. The zero-order valence-electron chi connectivity index (χ0n) is 12.5. The van der Waals surface area contributed by atoms with Gasteiger partial charge >= 0.3 is 0 Å². The van der Waals surface area contributed by atoms with Crippen molar-refractivity contribution in [1.29, 1.82) is 0 Å². The molecule has 19 heavy (non-hydrogen) atoms. The first-order valence-electron chi connectivity index (χ1n) is 7.20. The minimum absolute atomic E-state index is 0.258. The first-order chi connectivity index (χ1) is 8.77. The van der Waals surface area contributed by atoms with Crippen LogP contribution >= 0.6 is 0 Å². The van der Waals surface area contributed by atoms with Crippen molar-refractivity contribution in [2.24, 2.45) is 16.3 Å². The molecule has 1 aliphatic rings. The zero-order valence-corrected chi connectivity index (χ0v) is 12.5. The summed E-state index contributed by atoms with van der Waals surface area (Å²) < 4.78 is 0. The zero-order chi connectivity index (χ0) is 14.5. The number of oxime groups is 1. The highest BCUT2D eigenvalue weighted by molar-refractivity contribution is 5.85. The van der Waals surface area contributed by atoms with Crippen molar-refractivity contribution in [2.45, 2.75) is 58.5 Å². The van der Waals surface area contributed by atoms with Gasteiger partial charge in [-0.1, -0.05) is 19.0 Å². The van der Waals surface area contributed by atoms with Crippen LogP contribution in [0.3, 0.4) is 0 Å². The predicted octanol–water partition coefficient (Wildman–Crippen LogP) is 1.78. The molecule has 0 aromatic heterocycles. The molecule has 0 aromatic carbocycles. The average Bonchev–Trinajstić information content (AvgIpc) is 2.49. The lowest BCUT2D eigenvalue weighted by molar-refractivity contribution is 0.0446. The number of likely N-dealkylation sites (tertiary alicyclic amines) is 1. The Morgan fingerprint density at radius 3 is 2.68 bits per heavy atom. The van der Waals surface area contributed by atoms with Crippen LogP contribution in [0.15, 0.2) is 5.16 Å². The van der Waals surface area contributed by atoms with E-state index in [1.54, 1.807) is 0 Å². The minimum Gasteiger partial charge on any atom is -0.409 e. The second-order valence-corrected chi connectivity index (χ2v) is 6.66. The molecule has 1 unspecified atom stereocenters. The topological polar surface area (TPSA) is 82.1 Å². The highest BCUT2D eigenvalue weighted by Crippen LogP contribution is 2.24. The van der Waals surface area contributed by atoms with Crippen molar-refractivity contribution < 1.29 is 10.3 Å². The van der Waals surface area contributed by atoms with Crippen LogP contribution in [-0.2, 0) is 0 Å². The van der Waals surface area contributed by atoms with Gasteiger partial charge in [0.2, 0.25) is 0 Å². The molecule has 4 N–H and O–H groups in total. The second-order valence-electron chi connectivity index (χ2n) is 6.66. The van der Waals surface area contributed by atoms with Crippen molar-refractivity contribution in [2.75, 3.05) is 19.6 Å². The van der Waals surface area contributed by atoms with E-state index in [9.17, 15) is 5.11 Å². The van der Waals surface area contributed by atoms with Crippen molar-refractivity contribution in [3.63, 3.8) is 0 Å². The molecular formula is C14H29N3O2. The van der Waals surface area contributed by atoms with Gasteiger partial charge in [0.25, 0.3) is 0 Å². The molecule has 0 bridgehead atoms. The molecule has 0 amide bonds. The summed E-state index contributed by atoms with van der Waals surface area (Å²) in [5.74, 6) is 0.297. The molecule has 112 valence electrons. The quantitative estimate of drug-likeness (QED) is 0.308. The van der Waals surface area contributed by atoms with Gasteiger partial charge in [0.15, 0.2) is 0 Å². The SMILES string of the molecule is CC1(O)CCCN(CCCC(C)(C)C(N)=NO)CC1. The second kappa shape index (κ2) is 6.57. The molecule has 0 aromatic rings. The largest absolute Gasteiger partial charge is 0.409 e. The van der Waals surface area contributed by atoms with E-state index < -0.39 is 5.60 Å². The van der Waals surface area contributed by atoms with Crippen LogP contribution < -0.4 is 5.73 Å². The third kappa shape index (κ3) is 5.37. The van der Waals surface area contributed by atoms with Crippen LogP contribution in [0.4, 0.5) is 0 Å². The summed E-state index contributed by atoms with van der Waals surface area (Å²) >= 11 is 0. The fourth-order valence-corrected chi connectivity index (χ4v) is 2.55. The number of nitrogens with two attached hydrogens (primary N) is 1. The molecule has 1 rings (SSSR count). The first-order valence-corrected chi connectivity index (χ1v) is 7.20. The van der Waals surface area contributed by atoms with E-state index in [2.05, 4.69) is 10.1 Å². The number of hydrogen-bond donors (Lipinski definition) is 3. The Kier molecular flexibility index (Phi) is 5.62. The smallest absolute Gasteiger partial charge is 0.144 e. The van der Waals surface area contributed by atoms with E-state index in [-0.39, 0.29) is 5.41 Å². The summed E-state index contributed by atoms with van der Waals surface area (Å²) in [5, 5.41) is 21.9. The fourth-order valence-electron chi connectivity index (χ4n) is 2.55. The minimum atomic E-state index is -0.498. The van der Waals surface area contributed by atoms with Gasteiger partial charge in [-0.15, -0.1) is 0 Å². The Morgan fingerprint density at radius 2 is 2.05 bits per heavy atom. The van der Waals surface area contributed by atoms with Crippen LogP contribution in [-0.4, -0.2) is 46.3 Å². The molecule has 0 radical (unpaired) electrons. The van der Waals surface area contributed by atoms with Crippen molar-refractivity contribution >= 4 is 5.84 Å². The summed E-state index contributed by atoms with van der Waals surface area (Å²) in [5.41, 5.74) is 4.93. The van der Waals surface area contributed by atoms with Crippen LogP contribution in [0.25, 0.3) is 0 Å². The molecule has 1 saturated heterocycles. The van der Waals surface area contributed by atoms with E-state index in [0.29, 0.717) is 5.84 Å². The van der Waals surface area contributed by atoms with E-state index >= 15 is 0 Å². The standard InChI is InChI=1S/C14H29N3O2/c1-13(2,12(15)16-19)6-4-9-17-10-5-7-14(3,18)8-11-17/h18-19H,4-11H2,1-3H3,(H2,15,16). The summed E-state index contributed by atoms with van der Waals surface area (Å²) in [4.78, 5) is 2.41. The number of rotatable bonds is 5. The van der Waals surface area contributed by atoms with Crippen molar-refractivity contribution in [3.05, 3.63) is 0 Å². The van der Waals surface area contributed by atoms with Gasteiger partial charge in [-0.3, -0.25) is 0 Å². The molecule has 0 saturated carbocycles. The fraction of sp³-hybridized carbons (Fsp3) is 0.929. The van der Waals surface area contributed by atoms with E-state index in [0.717, 1.165) is 51.7 Å². The van der Waals surface area contributed by atoms with Crippen LogP contribution in [0.5, 0.6) is 0 Å². The predicted molar refractivity (Wildman–Crippen MR) is 77.3 cm³/mol. The Bertz CT molecular complexity index is 314. The third-order valence-electron chi connectivity index (χ3n) is 4.23. The summed E-state index contributed by atoms with van der Waals surface area (Å²) in [6.07, 6.45) is 4.70. The van der Waals surface area contributed by atoms with Gasteiger partial charge in [-0.2, -0.15) is 0 Å². The summed E-state index contributed by atoms with van der Waals surface area (Å²) in [6.45, 7) is 8.94. The normalized spacial score (nSPS) is 27.3. The highest BCUT2D eigenvalue weighted by Gasteiger charge is 2.26. The van der Waals surface area contributed by atoms with E-state index in [1.165, 1.54) is 0 Å². The molecule has 5 nitrogen and oxygen atoms in total. The summed E-state index contributed by atoms with van der Waals surface area (Å²) in [7, 11) is 0. The molecule has 0 spiro atoms. The maximum atomic E-state index is 10.0. The third-order valence-corrected chi connectivity index (χ3v) is 4.23. The van der Waals surface area contributed by atoms with E-state index in [1.807, 2.05) is 20.8 Å². The Balaban J connectivity index is 2.34. The van der Waals surface area contributed by atoms with Gasteiger partial charge in [0.1, 0.15) is 5.84 Å². The van der Waals surface area contributed by atoms with Gasteiger partial charge in [-0.25, -0.2) is 0 Å².